The summed E-state index contributed by atoms with van der Waals surface area (Å²) in [7, 11) is -3.75. The fraction of sp³-hybridized carbons (Fsp3) is 0.357. The summed E-state index contributed by atoms with van der Waals surface area (Å²) in [6.07, 6.45) is -5.00. The van der Waals surface area contributed by atoms with Gasteiger partial charge in [-0.1, -0.05) is 29.3 Å². The van der Waals surface area contributed by atoms with E-state index >= 15 is 0 Å². The summed E-state index contributed by atoms with van der Waals surface area (Å²) in [5, 5.41) is 13.7. The molecule has 138 valence electrons. The standard InChI is InChI=1S/C14H13Cl2F3N2O3S/c15-10-2-1-9(12(16)5-10)7-25(23,24)8-11(22)6-21-4-3-13(20-21)14(17,18)19/h1-5,11,22H,6-8H2. The summed E-state index contributed by atoms with van der Waals surface area (Å²) in [5.74, 6) is -1.07. The smallest absolute Gasteiger partial charge is 0.390 e. The molecular weight excluding hydrogens is 404 g/mol. The van der Waals surface area contributed by atoms with Crippen molar-refractivity contribution in [2.24, 2.45) is 0 Å². The number of hydrogen-bond acceptors (Lipinski definition) is 4. The molecule has 0 aliphatic heterocycles. The van der Waals surface area contributed by atoms with E-state index < -0.39 is 39.3 Å². The molecule has 1 N–H and O–H groups in total. The molecule has 0 amide bonds. The van der Waals surface area contributed by atoms with Crippen LogP contribution in [0.3, 0.4) is 0 Å². The quantitative estimate of drug-likeness (QED) is 0.784. The molecule has 5 nitrogen and oxygen atoms in total. The Morgan fingerprint density at radius 2 is 1.92 bits per heavy atom. The van der Waals surface area contributed by atoms with E-state index in [4.69, 9.17) is 23.2 Å². The molecule has 0 fully saturated rings. The average Bonchev–Trinajstić information content (AvgIpc) is 2.89. The zero-order chi connectivity index (χ0) is 18.8. The highest BCUT2D eigenvalue weighted by Gasteiger charge is 2.33. The lowest BCUT2D eigenvalue weighted by Crippen LogP contribution is -2.27. The Bertz CT molecular complexity index is 853. The van der Waals surface area contributed by atoms with Crippen LogP contribution < -0.4 is 0 Å². The van der Waals surface area contributed by atoms with Gasteiger partial charge in [-0.05, 0) is 23.8 Å². The fourth-order valence-electron chi connectivity index (χ4n) is 2.11. The first-order chi connectivity index (χ1) is 11.5. The van der Waals surface area contributed by atoms with Gasteiger partial charge in [0, 0.05) is 16.2 Å². The third-order valence-corrected chi connectivity index (χ3v) is 5.40. The molecule has 0 aliphatic carbocycles. The van der Waals surface area contributed by atoms with Crippen LogP contribution in [0, 0.1) is 0 Å². The van der Waals surface area contributed by atoms with E-state index in [0.717, 1.165) is 16.9 Å². The summed E-state index contributed by atoms with van der Waals surface area (Å²) in [6, 6.07) is 5.08. The van der Waals surface area contributed by atoms with Gasteiger partial charge in [0.1, 0.15) is 0 Å². The summed E-state index contributed by atoms with van der Waals surface area (Å²) in [6.45, 7) is -0.385. The first kappa shape index (κ1) is 20.0. The maximum Gasteiger partial charge on any atom is 0.435 e. The van der Waals surface area contributed by atoms with Crippen molar-refractivity contribution in [1.29, 1.82) is 0 Å². The minimum absolute atomic E-state index is 0.174. The van der Waals surface area contributed by atoms with Gasteiger partial charge in [-0.15, -0.1) is 0 Å². The third-order valence-electron chi connectivity index (χ3n) is 3.17. The number of alkyl halides is 3. The predicted octanol–water partition coefficient (Wildman–Crippen LogP) is 3.18. The first-order valence-electron chi connectivity index (χ1n) is 6.89. The number of aliphatic hydroxyl groups excluding tert-OH is 1. The number of hydrogen-bond donors (Lipinski definition) is 1. The average molecular weight is 417 g/mol. The number of sulfone groups is 1. The van der Waals surface area contributed by atoms with Crippen LogP contribution in [0.4, 0.5) is 13.2 Å². The van der Waals surface area contributed by atoms with E-state index in [1.54, 1.807) is 0 Å². The Hall–Kier alpha value is -1.29. The molecular formula is C14H13Cl2F3N2O3S. The van der Waals surface area contributed by atoms with Gasteiger partial charge < -0.3 is 5.11 Å². The summed E-state index contributed by atoms with van der Waals surface area (Å²) in [5.41, 5.74) is -0.799. The normalized spacial score (nSPS) is 13.8. The van der Waals surface area contributed by atoms with E-state index in [1.807, 2.05) is 0 Å². The summed E-state index contributed by atoms with van der Waals surface area (Å²) in [4.78, 5) is 0. The molecule has 1 atom stereocenters. The lowest BCUT2D eigenvalue weighted by atomic mass is 10.2. The minimum atomic E-state index is -4.60. The van der Waals surface area contributed by atoms with E-state index in [-0.39, 0.29) is 11.6 Å². The molecule has 1 aromatic carbocycles. The summed E-state index contributed by atoms with van der Waals surface area (Å²) < 4.78 is 62.5. The van der Waals surface area contributed by atoms with Crippen LogP contribution in [-0.2, 0) is 28.3 Å². The number of aromatic nitrogens is 2. The van der Waals surface area contributed by atoms with Crippen molar-refractivity contribution in [2.75, 3.05) is 5.75 Å². The molecule has 0 aliphatic rings. The minimum Gasteiger partial charge on any atom is -0.390 e. The van der Waals surface area contributed by atoms with Crippen LogP contribution in [-0.4, -0.2) is 35.2 Å². The van der Waals surface area contributed by atoms with Gasteiger partial charge in [-0.3, -0.25) is 4.68 Å². The zero-order valence-electron chi connectivity index (χ0n) is 12.5. The van der Waals surface area contributed by atoms with Crippen LogP contribution in [0.25, 0.3) is 0 Å². The monoisotopic (exact) mass is 416 g/mol. The van der Waals surface area contributed by atoms with Crippen molar-refractivity contribution in [2.45, 2.75) is 24.6 Å². The molecule has 0 bridgehead atoms. The van der Waals surface area contributed by atoms with Crippen molar-refractivity contribution in [3.05, 3.63) is 51.8 Å². The van der Waals surface area contributed by atoms with Crippen molar-refractivity contribution >= 4 is 33.0 Å². The Morgan fingerprint density at radius 3 is 2.48 bits per heavy atom. The SMILES string of the molecule is O=S(=O)(Cc1ccc(Cl)cc1Cl)CC(O)Cn1ccc(C(F)(F)F)n1. The number of rotatable bonds is 6. The topological polar surface area (TPSA) is 72.2 Å². The Kier molecular flexibility index (Phi) is 6.03. The number of halogens is 5. The van der Waals surface area contributed by atoms with Gasteiger partial charge >= 0.3 is 6.18 Å². The lowest BCUT2D eigenvalue weighted by molar-refractivity contribution is -0.141. The molecule has 2 rings (SSSR count). The molecule has 1 unspecified atom stereocenters. The number of benzene rings is 1. The van der Waals surface area contributed by atoms with E-state index in [1.165, 1.54) is 18.2 Å². The van der Waals surface area contributed by atoms with Gasteiger partial charge in [-0.25, -0.2) is 8.42 Å². The summed E-state index contributed by atoms with van der Waals surface area (Å²) >= 11 is 11.6. The Labute approximate surface area is 151 Å². The Morgan fingerprint density at radius 1 is 1.24 bits per heavy atom. The molecule has 25 heavy (non-hydrogen) atoms. The van der Waals surface area contributed by atoms with Crippen molar-refractivity contribution < 1.29 is 26.7 Å². The van der Waals surface area contributed by atoms with Crippen LogP contribution in [0.15, 0.2) is 30.5 Å². The first-order valence-corrected chi connectivity index (χ1v) is 9.47. The molecule has 0 radical (unpaired) electrons. The molecule has 11 heteroatoms. The zero-order valence-corrected chi connectivity index (χ0v) is 14.9. The highest BCUT2D eigenvalue weighted by molar-refractivity contribution is 7.90. The van der Waals surface area contributed by atoms with Crippen molar-refractivity contribution in [3.8, 4) is 0 Å². The van der Waals surface area contributed by atoms with Gasteiger partial charge in [0.15, 0.2) is 15.5 Å². The highest BCUT2D eigenvalue weighted by Crippen LogP contribution is 2.27. The van der Waals surface area contributed by atoms with E-state index in [0.29, 0.717) is 10.6 Å². The largest absolute Gasteiger partial charge is 0.435 e. The molecule has 0 spiro atoms. The van der Waals surface area contributed by atoms with Crippen LogP contribution >= 0.6 is 23.2 Å². The van der Waals surface area contributed by atoms with Crippen LogP contribution in [0.1, 0.15) is 11.3 Å². The second-order valence-electron chi connectivity index (χ2n) is 5.36. The van der Waals surface area contributed by atoms with E-state index in [2.05, 4.69) is 5.10 Å². The second kappa shape index (κ2) is 7.53. The predicted molar refractivity (Wildman–Crippen MR) is 87.2 cm³/mol. The second-order valence-corrected chi connectivity index (χ2v) is 8.32. The van der Waals surface area contributed by atoms with Crippen LogP contribution in [0.5, 0.6) is 0 Å². The van der Waals surface area contributed by atoms with Gasteiger partial charge in [0.2, 0.25) is 0 Å². The molecule has 0 saturated heterocycles. The third kappa shape index (κ3) is 5.88. The van der Waals surface area contributed by atoms with Gasteiger partial charge in [-0.2, -0.15) is 18.3 Å². The molecule has 2 aromatic rings. The fourth-order valence-corrected chi connectivity index (χ4v) is 4.20. The van der Waals surface area contributed by atoms with Crippen LogP contribution in [0.2, 0.25) is 10.0 Å². The van der Waals surface area contributed by atoms with Crippen molar-refractivity contribution in [3.63, 3.8) is 0 Å². The number of aliphatic hydroxyl groups is 1. The molecule has 0 saturated carbocycles. The van der Waals surface area contributed by atoms with Gasteiger partial charge in [0.25, 0.3) is 0 Å². The molecule has 1 heterocycles. The number of nitrogens with zero attached hydrogens (tertiary/aromatic N) is 2. The maximum absolute atomic E-state index is 12.5. The lowest BCUT2D eigenvalue weighted by Gasteiger charge is -2.12. The van der Waals surface area contributed by atoms with Gasteiger partial charge in [0.05, 0.1) is 24.2 Å². The molecule has 1 aromatic heterocycles. The maximum atomic E-state index is 12.5. The van der Waals surface area contributed by atoms with Crippen molar-refractivity contribution in [1.82, 2.24) is 9.78 Å². The Balaban J connectivity index is 2.01. The van der Waals surface area contributed by atoms with E-state index in [9.17, 15) is 26.7 Å². The highest BCUT2D eigenvalue weighted by atomic mass is 35.5.